The highest BCUT2D eigenvalue weighted by atomic mass is 79.9. The minimum atomic E-state index is -0.935. The molecule has 1 rings (SSSR count). The number of hydrazine groups is 1. The summed E-state index contributed by atoms with van der Waals surface area (Å²) in [6, 6.07) is 0. The van der Waals surface area contributed by atoms with E-state index in [1.807, 2.05) is 0 Å². The maximum Gasteiger partial charge on any atom is 0.425 e. The van der Waals surface area contributed by atoms with Crippen LogP contribution in [0.3, 0.4) is 0 Å². The van der Waals surface area contributed by atoms with Crippen molar-refractivity contribution in [1.82, 2.24) is 10.4 Å². The Balaban J connectivity index is 2.64. The summed E-state index contributed by atoms with van der Waals surface area (Å²) in [6.45, 7) is 0. The van der Waals surface area contributed by atoms with Crippen LogP contribution >= 0.6 is 27.5 Å². The van der Waals surface area contributed by atoms with Crippen LogP contribution in [-0.2, 0) is 4.74 Å². The molecule has 1 amide bonds. The van der Waals surface area contributed by atoms with E-state index in [0.29, 0.717) is 0 Å². The van der Waals surface area contributed by atoms with E-state index in [9.17, 15) is 4.79 Å². The van der Waals surface area contributed by atoms with Gasteiger partial charge in [0.15, 0.2) is 0 Å². The average molecular weight is 268 g/mol. The third kappa shape index (κ3) is 2.63. The lowest BCUT2D eigenvalue weighted by Crippen LogP contribution is -2.47. The molecule has 1 aliphatic heterocycles. The highest BCUT2D eigenvalue weighted by Crippen LogP contribution is 2.30. The fourth-order valence-corrected chi connectivity index (χ4v) is 1.27. The zero-order valence-corrected chi connectivity index (χ0v) is 9.17. The third-order valence-corrected chi connectivity index (χ3v) is 2.32. The molecule has 1 unspecified atom stereocenters. The van der Waals surface area contributed by atoms with Gasteiger partial charge in [-0.2, -0.15) is 0 Å². The van der Waals surface area contributed by atoms with Crippen molar-refractivity contribution in [3.8, 4) is 0 Å². The normalized spacial score (nSPS) is 25.9. The fraction of sp³-hybridized carbons (Fsp3) is 0.286. The van der Waals surface area contributed by atoms with E-state index in [1.54, 1.807) is 24.4 Å². The zero-order chi connectivity index (χ0) is 9.90. The van der Waals surface area contributed by atoms with Crippen LogP contribution in [0.15, 0.2) is 24.4 Å². The molecule has 13 heavy (non-hydrogen) atoms. The Morgan fingerprint density at radius 2 is 2.38 bits per heavy atom. The van der Waals surface area contributed by atoms with Gasteiger partial charge in [0.05, 0.1) is 7.11 Å². The van der Waals surface area contributed by atoms with Gasteiger partial charge in [-0.1, -0.05) is 17.7 Å². The summed E-state index contributed by atoms with van der Waals surface area (Å²) in [5.41, 5.74) is 2.41. The predicted molar refractivity (Wildman–Crippen MR) is 53.2 cm³/mol. The second kappa shape index (κ2) is 4.02. The van der Waals surface area contributed by atoms with Crippen molar-refractivity contribution in [2.75, 3.05) is 7.11 Å². The molecule has 0 radical (unpaired) electrons. The largest absolute Gasteiger partial charge is 0.452 e. The molecule has 0 bridgehead atoms. The van der Waals surface area contributed by atoms with E-state index < -0.39 is 10.0 Å². The van der Waals surface area contributed by atoms with Gasteiger partial charge in [0.25, 0.3) is 0 Å². The first-order valence-electron chi connectivity index (χ1n) is 3.44. The van der Waals surface area contributed by atoms with Crippen molar-refractivity contribution in [3.05, 3.63) is 24.4 Å². The molecule has 1 heterocycles. The minimum absolute atomic E-state index is 0.579. The van der Waals surface area contributed by atoms with Gasteiger partial charge in [-0.25, -0.2) is 10.2 Å². The van der Waals surface area contributed by atoms with Crippen LogP contribution in [0.5, 0.6) is 0 Å². The van der Waals surface area contributed by atoms with E-state index in [0.717, 1.165) is 0 Å². The number of carbonyl (C=O) groups is 1. The van der Waals surface area contributed by atoms with Crippen LogP contribution in [0.25, 0.3) is 0 Å². The van der Waals surface area contributed by atoms with E-state index in [1.165, 1.54) is 12.1 Å². The average Bonchev–Trinajstić information content (AvgIpc) is 2.08. The lowest BCUT2D eigenvalue weighted by Gasteiger charge is -2.32. The molecule has 0 aliphatic carbocycles. The summed E-state index contributed by atoms with van der Waals surface area (Å²) in [5, 5.41) is 1.38. The Morgan fingerprint density at radius 1 is 1.69 bits per heavy atom. The zero-order valence-electron chi connectivity index (χ0n) is 6.83. The number of nitrogens with one attached hydrogen (secondary N) is 1. The molecule has 1 N–H and O–H groups in total. The van der Waals surface area contributed by atoms with Crippen LogP contribution < -0.4 is 5.43 Å². The molecule has 0 aromatic carbocycles. The number of allylic oxidation sites excluding steroid dienone is 2. The summed E-state index contributed by atoms with van der Waals surface area (Å²) in [4.78, 5) is 10.9. The Kier molecular flexibility index (Phi) is 3.22. The highest BCUT2D eigenvalue weighted by molar-refractivity contribution is 9.10. The number of nitrogens with zero attached hydrogens (tertiary/aromatic N) is 1. The van der Waals surface area contributed by atoms with Gasteiger partial charge >= 0.3 is 6.09 Å². The van der Waals surface area contributed by atoms with Crippen molar-refractivity contribution in [3.63, 3.8) is 0 Å². The molecule has 4 nitrogen and oxygen atoms in total. The monoisotopic (exact) mass is 266 g/mol. The SMILES string of the molecule is COC(=O)NN1C=CC=CC1(Cl)Br. The van der Waals surface area contributed by atoms with E-state index in [4.69, 9.17) is 11.6 Å². The second-order valence-electron chi connectivity index (χ2n) is 2.26. The number of ether oxygens (including phenoxy) is 1. The van der Waals surface area contributed by atoms with E-state index >= 15 is 0 Å². The smallest absolute Gasteiger partial charge is 0.425 e. The molecular formula is C7H8BrClN2O2. The molecule has 0 aromatic rings. The van der Waals surface area contributed by atoms with Gasteiger partial charge in [0, 0.05) is 6.20 Å². The molecule has 0 saturated heterocycles. The third-order valence-electron chi connectivity index (χ3n) is 1.36. The number of hydrogen-bond donors (Lipinski definition) is 1. The number of carbonyl (C=O) groups excluding carboxylic acids is 1. The molecule has 0 saturated carbocycles. The maximum absolute atomic E-state index is 10.9. The standard InChI is InChI=1S/C7H8BrClN2O2/c1-13-6(12)10-11-5-3-2-4-7(11,8)9/h2-5H,1H3,(H,10,12). The van der Waals surface area contributed by atoms with Crippen molar-refractivity contribution in [1.29, 1.82) is 0 Å². The Morgan fingerprint density at radius 3 is 2.92 bits per heavy atom. The molecular weight excluding hydrogens is 259 g/mol. The van der Waals surface area contributed by atoms with Crippen molar-refractivity contribution in [2.45, 2.75) is 3.91 Å². The van der Waals surface area contributed by atoms with Gasteiger partial charge in [-0.3, -0.25) is 5.01 Å². The first-order valence-corrected chi connectivity index (χ1v) is 4.61. The van der Waals surface area contributed by atoms with Crippen molar-refractivity contribution < 1.29 is 9.53 Å². The summed E-state index contributed by atoms with van der Waals surface area (Å²) < 4.78 is 3.48. The predicted octanol–water partition coefficient (Wildman–Crippen LogP) is 1.93. The van der Waals surface area contributed by atoms with Crippen LogP contribution in [0, 0.1) is 0 Å². The number of hydrogen-bond acceptors (Lipinski definition) is 3. The van der Waals surface area contributed by atoms with Crippen molar-refractivity contribution >= 4 is 33.6 Å². The second-order valence-corrected chi connectivity index (χ2v) is 4.50. The van der Waals surface area contributed by atoms with Gasteiger partial charge in [0.2, 0.25) is 3.91 Å². The number of methoxy groups -OCH3 is 1. The Bertz CT molecular complexity index is 265. The summed E-state index contributed by atoms with van der Waals surface area (Å²) in [6.07, 6.45) is 6.20. The Labute approximate surface area is 89.3 Å². The molecule has 6 heteroatoms. The van der Waals surface area contributed by atoms with Crippen LogP contribution in [0.4, 0.5) is 4.79 Å². The number of rotatable bonds is 1. The van der Waals surface area contributed by atoms with E-state index in [-0.39, 0.29) is 0 Å². The molecule has 1 atom stereocenters. The molecule has 0 spiro atoms. The topological polar surface area (TPSA) is 41.6 Å². The minimum Gasteiger partial charge on any atom is -0.452 e. The van der Waals surface area contributed by atoms with Gasteiger partial charge in [0.1, 0.15) is 0 Å². The lowest BCUT2D eigenvalue weighted by molar-refractivity contribution is 0.139. The molecule has 0 fully saturated rings. The van der Waals surface area contributed by atoms with Gasteiger partial charge in [-0.15, -0.1) is 0 Å². The number of amides is 1. The van der Waals surface area contributed by atoms with Crippen LogP contribution in [0.1, 0.15) is 0 Å². The van der Waals surface area contributed by atoms with Gasteiger partial charge in [-0.05, 0) is 28.1 Å². The maximum atomic E-state index is 10.9. The lowest BCUT2D eigenvalue weighted by atomic mass is 10.4. The first-order chi connectivity index (χ1) is 6.06. The summed E-state index contributed by atoms with van der Waals surface area (Å²) in [7, 11) is 1.28. The Hall–Kier alpha value is -0.680. The number of halogens is 2. The summed E-state index contributed by atoms with van der Waals surface area (Å²) >= 11 is 9.17. The molecule has 0 aromatic heterocycles. The quantitative estimate of drug-likeness (QED) is 0.583. The first kappa shape index (κ1) is 10.4. The van der Waals surface area contributed by atoms with Crippen LogP contribution in [0.2, 0.25) is 0 Å². The van der Waals surface area contributed by atoms with E-state index in [2.05, 4.69) is 26.1 Å². The van der Waals surface area contributed by atoms with Gasteiger partial charge < -0.3 is 4.74 Å². The van der Waals surface area contributed by atoms with Crippen molar-refractivity contribution in [2.24, 2.45) is 0 Å². The molecule has 72 valence electrons. The van der Waals surface area contributed by atoms with Crippen LogP contribution in [-0.4, -0.2) is 22.1 Å². The summed E-state index contributed by atoms with van der Waals surface area (Å²) in [5.74, 6) is 0. The number of alkyl halides is 2. The molecule has 1 aliphatic rings. The fourth-order valence-electron chi connectivity index (χ4n) is 0.743. The highest BCUT2D eigenvalue weighted by Gasteiger charge is 2.29.